The predicted octanol–water partition coefficient (Wildman–Crippen LogP) is 9.21. The number of phenolic OH excluding ortho intramolecular Hbond substituents is 1. The standard InChI is InChI=1S/C50H34N4O7/c55-38-24-17-26-7-1-2-8-31(26)42(38)43-32-22-23-33-41(49(58)53(47(33)56)29-18-13-27(14-19-29)45-51-36-9-3-5-11-39(36)60-45)34(32)25-35-44(43)50(59)54(48(35)57)30-20-15-28(16-21-30)46-52-37-10-4-6-12-40(37)61-46/h1-22,24,33-35,41,43-44,55H,23,25H2. The van der Waals surface area contributed by atoms with Gasteiger partial charge in [0, 0.05) is 22.6 Å². The van der Waals surface area contributed by atoms with Gasteiger partial charge in [0.1, 0.15) is 16.8 Å². The lowest BCUT2D eigenvalue weighted by molar-refractivity contribution is -0.126. The maximum Gasteiger partial charge on any atom is 0.238 e. The van der Waals surface area contributed by atoms with Crippen LogP contribution >= 0.6 is 0 Å². The van der Waals surface area contributed by atoms with Gasteiger partial charge in [-0.3, -0.25) is 29.0 Å². The van der Waals surface area contributed by atoms with Gasteiger partial charge >= 0.3 is 0 Å². The molecule has 296 valence electrons. The highest BCUT2D eigenvalue weighted by Gasteiger charge is 2.62. The van der Waals surface area contributed by atoms with Gasteiger partial charge in [-0.25, -0.2) is 9.97 Å². The Morgan fingerprint density at radius 3 is 1.69 bits per heavy atom. The Bertz CT molecular complexity index is 3140. The van der Waals surface area contributed by atoms with Gasteiger partial charge in [0.15, 0.2) is 11.2 Å². The first-order valence-electron chi connectivity index (χ1n) is 20.4. The molecule has 6 unspecified atom stereocenters. The number of para-hydroxylation sites is 4. The number of carbonyl (C=O) groups excluding carboxylic acids is 4. The molecule has 1 saturated carbocycles. The summed E-state index contributed by atoms with van der Waals surface area (Å²) in [5.74, 6) is -4.92. The molecule has 8 aromatic rings. The molecule has 61 heavy (non-hydrogen) atoms. The molecule has 4 aliphatic rings. The minimum Gasteiger partial charge on any atom is -0.508 e. The number of rotatable bonds is 5. The molecule has 1 N–H and O–H groups in total. The quantitative estimate of drug-likeness (QED) is 0.133. The van der Waals surface area contributed by atoms with Gasteiger partial charge in [0.2, 0.25) is 35.4 Å². The van der Waals surface area contributed by atoms with Crippen LogP contribution in [0.1, 0.15) is 24.3 Å². The highest BCUT2D eigenvalue weighted by molar-refractivity contribution is 6.24. The third-order valence-electron chi connectivity index (χ3n) is 13.2. The molecule has 4 heterocycles. The van der Waals surface area contributed by atoms with Crippen LogP contribution in [-0.4, -0.2) is 38.7 Å². The summed E-state index contributed by atoms with van der Waals surface area (Å²) in [7, 11) is 0. The Balaban J connectivity index is 0.915. The fourth-order valence-electron chi connectivity index (χ4n) is 10.5. The third kappa shape index (κ3) is 5.22. The average Bonchev–Trinajstić information content (AvgIpc) is 4.05. The first-order valence-corrected chi connectivity index (χ1v) is 20.4. The van der Waals surface area contributed by atoms with E-state index in [2.05, 4.69) is 9.97 Å². The predicted molar refractivity (Wildman–Crippen MR) is 227 cm³/mol. The van der Waals surface area contributed by atoms with Crippen LogP contribution < -0.4 is 9.80 Å². The number of nitrogens with zero attached hydrogens (tertiary/aromatic N) is 4. The van der Waals surface area contributed by atoms with E-state index in [0.29, 0.717) is 51.0 Å². The third-order valence-corrected chi connectivity index (χ3v) is 13.2. The Morgan fingerprint density at radius 2 is 1.08 bits per heavy atom. The van der Waals surface area contributed by atoms with Gasteiger partial charge in [-0.1, -0.05) is 66.2 Å². The van der Waals surface area contributed by atoms with Crippen LogP contribution in [0.4, 0.5) is 11.4 Å². The number of aromatic hydroxyl groups is 1. The number of allylic oxidation sites excluding steroid dienone is 2. The zero-order valence-corrected chi connectivity index (χ0v) is 32.3. The molecule has 2 aliphatic heterocycles. The number of hydrogen-bond acceptors (Lipinski definition) is 9. The maximum atomic E-state index is 14.9. The highest BCUT2D eigenvalue weighted by atomic mass is 16.4. The lowest BCUT2D eigenvalue weighted by atomic mass is 9.56. The smallest absolute Gasteiger partial charge is 0.238 e. The first-order chi connectivity index (χ1) is 29.8. The van der Waals surface area contributed by atoms with Crippen molar-refractivity contribution in [1.82, 2.24) is 9.97 Å². The van der Waals surface area contributed by atoms with Gasteiger partial charge in [0.05, 0.1) is 35.0 Å². The van der Waals surface area contributed by atoms with Crippen LogP contribution in [0.25, 0.3) is 55.9 Å². The number of hydrogen-bond donors (Lipinski definition) is 1. The van der Waals surface area contributed by atoms with Crippen molar-refractivity contribution < 1.29 is 33.1 Å². The number of benzene rings is 6. The molecule has 2 aromatic heterocycles. The minimum atomic E-state index is -0.859. The van der Waals surface area contributed by atoms with Crippen LogP contribution in [0.5, 0.6) is 5.75 Å². The Labute approximate surface area is 347 Å². The SMILES string of the molecule is O=C1C2CC=C3C(CC4C(=O)N(c5ccc(-c6nc7ccccc7o6)cc5)C(=O)C4C3c3c(O)ccc4ccccc34)C2C(=O)N1c1ccc(-c2nc3ccccc3o2)cc1. The molecule has 11 heteroatoms. The first kappa shape index (κ1) is 35.3. The zero-order chi connectivity index (χ0) is 41.1. The van der Waals surface area contributed by atoms with Crippen molar-refractivity contribution >= 4 is 68.0 Å². The zero-order valence-electron chi connectivity index (χ0n) is 32.3. The molecule has 0 spiro atoms. The summed E-state index contributed by atoms with van der Waals surface area (Å²) in [5, 5.41) is 13.3. The average molecular weight is 803 g/mol. The van der Waals surface area contributed by atoms with Crippen molar-refractivity contribution in [2.45, 2.75) is 18.8 Å². The summed E-state index contributed by atoms with van der Waals surface area (Å²) in [6.07, 6.45) is 2.47. The lowest BCUT2D eigenvalue weighted by Crippen LogP contribution is -2.43. The number of phenols is 1. The normalized spacial score (nSPS) is 23.5. The highest BCUT2D eigenvalue weighted by Crippen LogP contribution is 2.60. The lowest BCUT2D eigenvalue weighted by Gasteiger charge is -2.44. The Kier molecular flexibility index (Phi) is 7.62. The van der Waals surface area contributed by atoms with Crippen molar-refractivity contribution in [1.29, 1.82) is 0 Å². The number of fused-ring (bicyclic) bond motifs is 7. The molecule has 3 fully saturated rings. The Hall–Kier alpha value is -7.66. The molecule has 0 bridgehead atoms. The summed E-state index contributed by atoms with van der Waals surface area (Å²) < 4.78 is 11.9. The van der Waals surface area contributed by atoms with Gasteiger partial charge < -0.3 is 13.9 Å². The van der Waals surface area contributed by atoms with E-state index >= 15 is 0 Å². The van der Waals surface area contributed by atoms with Crippen LogP contribution in [0.3, 0.4) is 0 Å². The van der Waals surface area contributed by atoms with Crippen molar-refractivity contribution in [3.63, 3.8) is 0 Å². The van der Waals surface area contributed by atoms with E-state index in [4.69, 9.17) is 8.83 Å². The van der Waals surface area contributed by atoms with Crippen LogP contribution in [0.2, 0.25) is 0 Å². The molecular weight excluding hydrogens is 769 g/mol. The van der Waals surface area contributed by atoms with Gasteiger partial charge in [-0.05, 0) is 108 Å². The Morgan fingerprint density at radius 1 is 0.541 bits per heavy atom. The maximum absolute atomic E-state index is 14.9. The summed E-state index contributed by atoms with van der Waals surface area (Å²) >= 11 is 0. The van der Waals surface area contributed by atoms with Gasteiger partial charge in [-0.2, -0.15) is 0 Å². The van der Waals surface area contributed by atoms with Crippen LogP contribution in [0.15, 0.2) is 154 Å². The van der Waals surface area contributed by atoms with Crippen molar-refractivity contribution in [2.24, 2.45) is 29.6 Å². The number of oxazole rings is 2. The molecule has 0 radical (unpaired) electrons. The van der Waals surface area contributed by atoms with Gasteiger partial charge in [0.25, 0.3) is 0 Å². The molecule has 6 aromatic carbocycles. The number of imide groups is 2. The summed E-state index contributed by atoms with van der Waals surface area (Å²) in [6.45, 7) is 0. The largest absolute Gasteiger partial charge is 0.508 e. The second-order valence-corrected chi connectivity index (χ2v) is 16.3. The summed E-state index contributed by atoms with van der Waals surface area (Å²) in [4.78, 5) is 70.4. The van der Waals surface area contributed by atoms with E-state index in [1.54, 1.807) is 54.6 Å². The van der Waals surface area contributed by atoms with Gasteiger partial charge in [-0.15, -0.1) is 0 Å². The molecule has 2 saturated heterocycles. The second kappa shape index (κ2) is 13.2. The van der Waals surface area contributed by atoms with Crippen LogP contribution in [-0.2, 0) is 19.2 Å². The topological polar surface area (TPSA) is 147 Å². The molecular formula is C50H34N4O7. The van der Waals surface area contributed by atoms with E-state index in [-0.39, 0.29) is 42.2 Å². The minimum absolute atomic E-state index is 0.00185. The number of amides is 4. The van der Waals surface area contributed by atoms with E-state index in [9.17, 15) is 24.3 Å². The fourth-order valence-corrected chi connectivity index (χ4v) is 10.5. The molecule has 2 aliphatic carbocycles. The van der Waals surface area contributed by atoms with Crippen molar-refractivity contribution in [3.05, 3.63) is 151 Å². The monoisotopic (exact) mass is 802 g/mol. The molecule has 6 atom stereocenters. The molecule has 4 amide bonds. The van der Waals surface area contributed by atoms with Crippen molar-refractivity contribution in [3.8, 4) is 28.7 Å². The van der Waals surface area contributed by atoms with E-state index in [0.717, 1.165) is 27.4 Å². The molecule has 11 nitrogen and oxygen atoms in total. The van der Waals surface area contributed by atoms with E-state index in [1.807, 2.05) is 84.9 Å². The van der Waals surface area contributed by atoms with Crippen molar-refractivity contribution in [2.75, 3.05) is 9.80 Å². The summed E-state index contributed by atoms with van der Waals surface area (Å²) in [6, 6.07) is 40.1. The number of anilines is 2. The summed E-state index contributed by atoms with van der Waals surface area (Å²) in [5.41, 5.74) is 6.32. The number of carbonyl (C=O) groups is 4. The van der Waals surface area contributed by atoms with Crippen LogP contribution in [0, 0.1) is 29.6 Å². The van der Waals surface area contributed by atoms with E-state index < -0.39 is 35.5 Å². The second-order valence-electron chi connectivity index (χ2n) is 16.3. The molecule has 12 rings (SSSR count). The number of aromatic nitrogens is 2. The fraction of sp³-hybridized carbons (Fsp3) is 0.160. The van der Waals surface area contributed by atoms with E-state index in [1.165, 1.54) is 9.80 Å².